The molecule has 0 radical (unpaired) electrons. The summed E-state index contributed by atoms with van der Waals surface area (Å²) in [5, 5.41) is 12.2. The number of nitrogens with zero attached hydrogens (tertiary/aromatic N) is 2. The summed E-state index contributed by atoms with van der Waals surface area (Å²) >= 11 is 1.60. The monoisotopic (exact) mass is 305 g/mol. The van der Waals surface area contributed by atoms with Gasteiger partial charge in [-0.1, -0.05) is 48.0 Å². The average molecular weight is 305 g/mol. The molecule has 0 spiro atoms. The molecule has 0 aliphatic carbocycles. The van der Waals surface area contributed by atoms with Gasteiger partial charge in [0.1, 0.15) is 0 Å². The van der Waals surface area contributed by atoms with Crippen molar-refractivity contribution in [3.8, 4) is 0 Å². The summed E-state index contributed by atoms with van der Waals surface area (Å²) < 4.78 is 5.43. The highest BCUT2D eigenvalue weighted by Gasteiger charge is 2.14. The molecule has 1 N–H and O–H groups in total. The zero-order valence-electron chi connectivity index (χ0n) is 13.1. The number of aryl methyl sites for hydroxylation is 3. The molecule has 1 aromatic heterocycles. The van der Waals surface area contributed by atoms with Crippen molar-refractivity contribution in [2.45, 2.75) is 45.4 Å². The van der Waals surface area contributed by atoms with E-state index in [1.807, 2.05) is 6.92 Å². The first-order valence-electron chi connectivity index (χ1n) is 7.33. The molecule has 5 heteroatoms. The maximum absolute atomic E-state index is 5.43. The summed E-state index contributed by atoms with van der Waals surface area (Å²) in [4.78, 5) is 0. The first-order chi connectivity index (χ1) is 10.1. The molecule has 1 heterocycles. The van der Waals surface area contributed by atoms with Crippen molar-refractivity contribution in [2.24, 2.45) is 0 Å². The zero-order chi connectivity index (χ0) is 15.2. The van der Waals surface area contributed by atoms with Gasteiger partial charge in [0, 0.05) is 18.7 Å². The van der Waals surface area contributed by atoms with Gasteiger partial charge in [0.25, 0.3) is 5.22 Å². The average Bonchev–Trinajstić information content (AvgIpc) is 2.83. The molecule has 0 saturated carbocycles. The van der Waals surface area contributed by atoms with Crippen LogP contribution in [-0.4, -0.2) is 22.5 Å². The number of thioether (sulfide) groups is 1. The lowest BCUT2D eigenvalue weighted by Crippen LogP contribution is -2.24. The van der Waals surface area contributed by atoms with Crippen molar-refractivity contribution >= 4 is 11.8 Å². The Kier molecular flexibility index (Phi) is 5.82. The summed E-state index contributed by atoms with van der Waals surface area (Å²) in [6.45, 7) is 9.28. The van der Waals surface area contributed by atoms with Gasteiger partial charge in [-0.25, -0.2) is 0 Å². The van der Waals surface area contributed by atoms with Crippen LogP contribution in [0.3, 0.4) is 0 Å². The van der Waals surface area contributed by atoms with Crippen molar-refractivity contribution in [3.05, 3.63) is 40.8 Å². The minimum Gasteiger partial charge on any atom is -0.416 e. The molecule has 21 heavy (non-hydrogen) atoms. The molecule has 0 saturated heterocycles. The highest BCUT2D eigenvalue weighted by Crippen LogP contribution is 2.25. The van der Waals surface area contributed by atoms with Crippen molar-refractivity contribution < 1.29 is 4.42 Å². The van der Waals surface area contributed by atoms with Crippen LogP contribution in [0.1, 0.15) is 42.0 Å². The van der Waals surface area contributed by atoms with Gasteiger partial charge >= 0.3 is 0 Å². The second-order valence-corrected chi connectivity index (χ2v) is 6.30. The second-order valence-electron chi connectivity index (χ2n) is 5.33. The Morgan fingerprint density at radius 2 is 1.86 bits per heavy atom. The van der Waals surface area contributed by atoms with E-state index in [0.717, 1.165) is 18.7 Å². The molecular weight excluding hydrogens is 282 g/mol. The number of aromatic nitrogens is 2. The first-order valence-corrected chi connectivity index (χ1v) is 8.31. The molecule has 1 unspecified atom stereocenters. The molecule has 0 bridgehead atoms. The molecule has 1 aromatic carbocycles. The van der Waals surface area contributed by atoms with E-state index in [-0.39, 0.29) is 0 Å². The lowest BCUT2D eigenvalue weighted by molar-refractivity contribution is 0.428. The van der Waals surface area contributed by atoms with E-state index >= 15 is 0 Å². The fourth-order valence-corrected chi connectivity index (χ4v) is 3.19. The third-order valence-corrected chi connectivity index (χ3v) is 4.08. The molecule has 2 rings (SSSR count). The van der Waals surface area contributed by atoms with Gasteiger partial charge in [0.05, 0.1) is 0 Å². The molecule has 2 aromatic rings. The van der Waals surface area contributed by atoms with Crippen LogP contribution < -0.4 is 5.32 Å². The van der Waals surface area contributed by atoms with E-state index in [2.05, 4.69) is 54.5 Å². The van der Waals surface area contributed by atoms with Gasteiger partial charge in [-0.15, -0.1) is 10.2 Å². The van der Waals surface area contributed by atoms with Gasteiger partial charge in [-0.3, -0.25) is 0 Å². The van der Waals surface area contributed by atoms with E-state index in [0.29, 0.717) is 17.2 Å². The predicted octanol–water partition coefficient (Wildman–Crippen LogP) is 3.83. The Morgan fingerprint density at radius 1 is 1.14 bits per heavy atom. The Balaban J connectivity index is 2.09. The smallest absolute Gasteiger partial charge is 0.276 e. The van der Waals surface area contributed by atoms with E-state index in [1.165, 1.54) is 16.7 Å². The number of hydrogen-bond acceptors (Lipinski definition) is 5. The van der Waals surface area contributed by atoms with Crippen LogP contribution in [0.5, 0.6) is 0 Å². The topological polar surface area (TPSA) is 51.0 Å². The van der Waals surface area contributed by atoms with Crippen molar-refractivity contribution in [3.63, 3.8) is 0 Å². The summed E-state index contributed by atoms with van der Waals surface area (Å²) in [5.41, 5.74) is 3.92. The number of hydrogen-bond donors (Lipinski definition) is 1. The van der Waals surface area contributed by atoms with Gasteiger partial charge < -0.3 is 9.73 Å². The molecule has 114 valence electrons. The standard InChI is InChI=1S/C16H23N3OS/c1-5-6-17-15(10-21-16-19-18-13(4)20-16)14-8-11(2)7-12(3)9-14/h7-9,15,17H,5-6,10H2,1-4H3. The summed E-state index contributed by atoms with van der Waals surface area (Å²) in [7, 11) is 0. The lowest BCUT2D eigenvalue weighted by atomic mass is 10.0. The van der Waals surface area contributed by atoms with E-state index < -0.39 is 0 Å². The van der Waals surface area contributed by atoms with Gasteiger partial charge in [-0.2, -0.15) is 0 Å². The van der Waals surface area contributed by atoms with Crippen molar-refractivity contribution in [1.29, 1.82) is 0 Å². The number of nitrogens with one attached hydrogen (secondary N) is 1. The van der Waals surface area contributed by atoms with Crippen LogP contribution in [0.2, 0.25) is 0 Å². The zero-order valence-corrected chi connectivity index (χ0v) is 14.0. The van der Waals surface area contributed by atoms with Crippen molar-refractivity contribution in [2.75, 3.05) is 12.3 Å². The first kappa shape index (κ1) is 16.0. The molecule has 0 amide bonds. The third kappa shape index (κ3) is 4.86. The fourth-order valence-electron chi connectivity index (χ4n) is 2.29. The minimum absolute atomic E-state index is 0.292. The summed E-state index contributed by atoms with van der Waals surface area (Å²) in [5.74, 6) is 1.49. The number of benzene rings is 1. The van der Waals surface area contributed by atoms with E-state index in [1.54, 1.807) is 11.8 Å². The Morgan fingerprint density at radius 3 is 2.43 bits per heavy atom. The molecular formula is C16H23N3OS. The van der Waals surface area contributed by atoms with Crippen LogP contribution in [0.25, 0.3) is 0 Å². The Hall–Kier alpha value is -1.33. The largest absolute Gasteiger partial charge is 0.416 e. The highest BCUT2D eigenvalue weighted by atomic mass is 32.2. The highest BCUT2D eigenvalue weighted by molar-refractivity contribution is 7.99. The maximum Gasteiger partial charge on any atom is 0.276 e. The lowest BCUT2D eigenvalue weighted by Gasteiger charge is -2.19. The van der Waals surface area contributed by atoms with Crippen LogP contribution in [0.4, 0.5) is 0 Å². The van der Waals surface area contributed by atoms with Crippen molar-refractivity contribution in [1.82, 2.24) is 15.5 Å². The third-order valence-electron chi connectivity index (χ3n) is 3.17. The fraction of sp³-hybridized carbons (Fsp3) is 0.500. The normalized spacial score (nSPS) is 12.6. The van der Waals surface area contributed by atoms with Crippen LogP contribution in [0.15, 0.2) is 27.8 Å². The second kappa shape index (κ2) is 7.61. The molecule has 4 nitrogen and oxygen atoms in total. The molecule has 0 aliphatic rings. The molecule has 1 atom stereocenters. The summed E-state index contributed by atoms with van der Waals surface area (Å²) in [6.07, 6.45) is 1.12. The quantitative estimate of drug-likeness (QED) is 0.788. The van der Waals surface area contributed by atoms with Gasteiger partial charge in [-0.05, 0) is 32.4 Å². The van der Waals surface area contributed by atoms with Crippen LogP contribution >= 0.6 is 11.8 Å². The molecule has 0 aliphatic heterocycles. The SMILES string of the molecule is CCCNC(CSc1nnc(C)o1)c1cc(C)cc(C)c1. The summed E-state index contributed by atoms with van der Waals surface area (Å²) in [6, 6.07) is 7.00. The Bertz CT molecular complexity index is 562. The van der Waals surface area contributed by atoms with E-state index in [9.17, 15) is 0 Å². The van der Waals surface area contributed by atoms with E-state index in [4.69, 9.17) is 4.42 Å². The molecule has 0 fully saturated rings. The van der Waals surface area contributed by atoms with Crippen LogP contribution in [0, 0.1) is 20.8 Å². The maximum atomic E-state index is 5.43. The predicted molar refractivity (Wildman–Crippen MR) is 86.7 cm³/mol. The number of rotatable bonds is 7. The van der Waals surface area contributed by atoms with Gasteiger partial charge in [0.2, 0.25) is 5.89 Å². The Labute approximate surface area is 130 Å². The van der Waals surface area contributed by atoms with Gasteiger partial charge in [0.15, 0.2) is 0 Å². The minimum atomic E-state index is 0.292. The van der Waals surface area contributed by atoms with Crippen LogP contribution in [-0.2, 0) is 0 Å².